The Labute approximate surface area is 176 Å². The molecule has 2 aromatic heterocycles. The molecule has 0 aliphatic carbocycles. The predicted molar refractivity (Wildman–Crippen MR) is 110 cm³/mol. The summed E-state index contributed by atoms with van der Waals surface area (Å²) in [6, 6.07) is 5.43. The summed E-state index contributed by atoms with van der Waals surface area (Å²) in [6.45, 7) is 4.80. The van der Waals surface area contributed by atoms with Gasteiger partial charge in [0.25, 0.3) is 5.91 Å². The van der Waals surface area contributed by atoms with Gasteiger partial charge in [-0.2, -0.15) is 0 Å². The van der Waals surface area contributed by atoms with E-state index in [9.17, 15) is 9.59 Å². The van der Waals surface area contributed by atoms with E-state index in [1.54, 1.807) is 17.3 Å². The number of carbonyl (C=O) groups is 2. The normalized spacial score (nSPS) is 19.6. The molecule has 0 spiro atoms. The smallest absolute Gasteiger partial charge is 0.257 e. The molecule has 2 saturated heterocycles. The van der Waals surface area contributed by atoms with Gasteiger partial charge < -0.3 is 14.5 Å². The van der Waals surface area contributed by atoms with Crippen LogP contribution in [0, 0.1) is 6.92 Å². The van der Waals surface area contributed by atoms with Crippen LogP contribution in [0.1, 0.15) is 52.9 Å². The van der Waals surface area contributed by atoms with Crippen molar-refractivity contribution in [2.24, 2.45) is 0 Å². The van der Waals surface area contributed by atoms with Crippen molar-refractivity contribution >= 4 is 11.8 Å². The molecule has 1 unspecified atom stereocenters. The van der Waals surface area contributed by atoms with Crippen LogP contribution in [0.3, 0.4) is 0 Å². The Morgan fingerprint density at radius 1 is 1.13 bits per heavy atom. The highest BCUT2D eigenvalue weighted by atomic mass is 16.5. The first kappa shape index (κ1) is 20.4. The molecule has 30 heavy (non-hydrogen) atoms. The number of hydrogen-bond acceptors (Lipinski definition) is 6. The van der Waals surface area contributed by atoms with Crippen LogP contribution in [0.15, 0.2) is 30.6 Å². The van der Waals surface area contributed by atoms with Crippen molar-refractivity contribution in [1.82, 2.24) is 24.8 Å². The van der Waals surface area contributed by atoms with Gasteiger partial charge in [0.05, 0.1) is 36.9 Å². The number of ether oxygens (including phenoxy) is 1. The van der Waals surface area contributed by atoms with E-state index in [1.807, 2.05) is 30.0 Å². The van der Waals surface area contributed by atoms with Gasteiger partial charge in [0.2, 0.25) is 5.91 Å². The Bertz CT molecular complexity index is 899. The van der Waals surface area contributed by atoms with Gasteiger partial charge in [0.15, 0.2) is 5.82 Å². The highest BCUT2D eigenvalue weighted by Crippen LogP contribution is 2.30. The zero-order valence-electron chi connectivity index (χ0n) is 17.3. The van der Waals surface area contributed by atoms with Crippen LogP contribution in [0.2, 0.25) is 0 Å². The minimum Gasteiger partial charge on any atom is -0.378 e. The average Bonchev–Trinajstić information content (AvgIpc) is 2.80. The average molecular weight is 409 g/mol. The van der Waals surface area contributed by atoms with Crippen LogP contribution in [-0.2, 0) is 16.0 Å². The summed E-state index contributed by atoms with van der Waals surface area (Å²) in [5.74, 6) is 0.585. The summed E-state index contributed by atoms with van der Waals surface area (Å²) in [7, 11) is 0. The predicted octanol–water partition coefficient (Wildman–Crippen LogP) is 1.95. The number of aromatic nitrogens is 3. The Morgan fingerprint density at radius 3 is 2.70 bits per heavy atom. The van der Waals surface area contributed by atoms with Crippen molar-refractivity contribution < 1.29 is 14.3 Å². The summed E-state index contributed by atoms with van der Waals surface area (Å²) >= 11 is 0. The summed E-state index contributed by atoms with van der Waals surface area (Å²) in [5.41, 5.74) is 1.93. The molecule has 4 rings (SSSR count). The number of hydrogen-bond donors (Lipinski definition) is 0. The number of nitrogens with zero attached hydrogens (tertiary/aromatic N) is 5. The van der Waals surface area contributed by atoms with Gasteiger partial charge in [-0.05, 0) is 38.3 Å². The van der Waals surface area contributed by atoms with E-state index in [1.165, 1.54) is 0 Å². The number of amides is 2. The summed E-state index contributed by atoms with van der Waals surface area (Å²) in [5, 5.41) is 0. The Kier molecular flexibility index (Phi) is 6.32. The highest BCUT2D eigenvalue weighted by molar-refractivity contribution is 5.95. The fourth-order valence-electron chi connectivity index (χ4n) is 4.05. The van der Waals surface area contributed by atoms with Crippen LogP contribution in [0.4, 0.5) is 0 Å². The lowest BCUT2D eigenvalue weighted by molar-refractivity contribution is -0.134. The minimum absolute atomic E-state index is 0.0353. The molecule has 0 radical (unpaired) electrons. The van der Waals surface area contributed by atoms with Crippen molar-refractivity contribution in [3.8, 4) is 0 Å². The number of carbonyl (C=O) groups excluding carboxylic acids is 2. The van der Waals surface area contributed by atoms with Crippen molar-refractivity contribution in [2.75, 3.05) is 32.8 Å². The van der Waals surface area contributed by atoms with E-state index >= 15 is 0 Å². The third kappa shape index (κ3) is 4.48. The number of piperidine rings is 1. The maximum absolute atomic E-state index is 13.0. The Hall–Kier alpha value is -2.87. The first-order chi connectivity index (χ1) is 14.6. The second-order valence-corrected chi connectivity index (χ2v) is 7.73. The Morgan fingerprint density at radius 2 is 1.97 bits per heavy atom. The summed E-state index contributed by atoms with van der Waals surface area (Å²) < 4.78 is 5.32. The molecule has 1 atom stereocenters. The summed E-state index contributed by atoms with van der Waals surface area (Å²) in [4.78, 5) is 42.9. The standard InChI is InChI=1S/C22H27N5O3/c1-16-18(22(29)26-10-12-30-13-11-26)15-24-21(25-16)19-7-3-5-9-27(19)20(28)14-17-6-2-4-8-23-17/h2,4,6,8,15,19H,3,5,7,9-14H2,1H3. The van der Waals surface area contributed by atoms with E-state index in [0.717, 1.165) is 25.0 Å². The lowest BCUT2D eigenvalue weighted by Crippen LogP contribution is -2.41. The number of likely N-dealkylation sites (tertiary alicyclic amines) is 1. The molecule has 8 nitrogen and oxygen atoms in total. The molecular formula is C22H27N5O3. The number of pyridine rings is 1. The van der Waals surface area contributed by atoms with E-state index in [4.69, 9.17) is 4.74 Å². The second-order valence-electron chi connectivity index (χ2n) is 7.73. The first-order valence-corrected chi connectivity index (χ1v) is 10.5. The van der Waals surface area contributed by atoms with E-state index in [0.29, 0.717) is 49.9 Å². The van der Waals surface area contributed by atoms with E-state index in [2.05, 4.69) is 15.0 Å². The van der Waals surface area contributed by atoms with Gasteiger partial charge >= 0.3 is 0 Å². The molecule has 2 amide bonds. The van der Waals surface area contributed by atoms with Gasteiger partial charge in [0.1, 0.15) is 0 Å². The van der Waals surface area contributed by atoms with Crippen molar-refractivity contribution in [2.45, 2.75) is 38.6 Å². The first-order valence-electron chi connectivity index (χ1n) is 10.5. The lowest BCUT2D eigenvalue weighted by Gasteiger charge is -2.35. The molecule has 8 heteroatoms. The SMILES string of the molecule is Cc1nc(C2CCCCN2C(=O)Cc2ccccn2)ncc1C(=O)N1CCOCC1. The maximum atomic E-state index is 13.0. The lowest BCUT2D eigenvalue weighted by atomic mass is 10.00. The zero-order valence-corrected chi connectivity index (χ0v) is 17.3. The number of morpholine rings is 1. The van der Waals surface area contributed by atoms with Crippen molar-refractivity contribution in [3.63, 3.8) is 0 Å². The second kappa shape index (κ2) is 9.30. The maximum Gasteiger partial charge on any atom is 0.257 e. The van der Waals surface area contributed by atoms with Gasteiger partial charge in [-0.1, -0.05) is 6.07 Å². The molecule has 0 bridgehead atoms. The third-order valence-electron chi connectivity index (χ3n) is 5.71. The van der Waals surface area contributed by atoms with Gasteiger partial charge in [0, 0.05) is 37.7 Å². The topological polar surface area (TPSA) is 88.5 Å². The van der Waals surface area contributed by atoms with Gasteiger partial charge in [-0.25, -0.2) is 9.97 Å². The molecule has 0 aromatic carbocycles. The molecular weight excluding hydrogens is 382 g/mol. The van der Waals surface area contributed by atoms with Crippen molar-refractivity contribution in [3.05, 3.63) is 53.4 Å². The fourth-order valence-corrected chi connectivity index (χ4v) is 4.05. The van der Waals surface area contributed by atoms with Crippen LogP contribution in [-0.4, -0.2) is 69.4 Å². The fraction of sp³-hybridized carbons (Fsp3) is 0.500. The molecule has 4 heterocycles. The molecule has 2 fully saturated rings. The largest absolute Gasteiger partial charge is 0.378 e. The minimum atomic E-state index is -0.166. The van der Waals surface area contributed by atoms with Gasteiger partial charge in [-0.3, -0.25) is 14.6 Å². The van der Waals surface area contributed by atoms with Gasteiger partial charge in [-0.15, -0.1) is 0 Å². The van der Waals surface area contributed by atoms with Crippen molar-refractivity contribution in [1.29, 1.82) is 0 Å². The van der Waals surface area contributed by atoms with E-state index in [-0.39, 0.29) is 24.3 Å². The van der Waals surface area contributed by atoms with Crippen LogP contribution in [0.5, 0.6) is 0 Å². The molecule has 158 valence electrons. The van der Waals surface area contributed by atoms with Crippen LogP contribution in [0.25, 0.3) is 0 Å². The molecule has 2 aromatic rings. The Balaban J connectivity index is 1.51. The molecule has 2 aliphatic heterocycles. The number of rotatable bonds is 4. The van der Waals surface area contributed by atoms with Crippen LogP contribution < -0.4 is 0 Å². The van der Waals surface area contributed by atoms with Crippen LogP contribution >= 0.6 is 0 Å². The summed E-state index contributed by atoms with van der Waals surface area (Å²) in [6.07, 6.45) is 6.40. The quantitative estimate of drug-likeness (QED) is 0.767. The highest BCUT2D eigenvalue weighted by Gasteiger charge is 2.31. The van der Waals surface area contributed by atoms with E-state index < -0.39 is 0 Å². The molecule has 2 aliphatic rings. The monoisotopic (exact) mass is 409 g/mol. The third-order valence-corrected chi connectivity index (χ3v) is 5.71. The molecule has 0 N–H and O–H groups in total. The molecule has 0 saturated carbocycles. The number of aryl methyl sites for hydroxylation is 1. The zero-order chi connectivity index (χ0) is 20.9.